The molecule has 88 valence electrons. The molecule has 0 saturated carbocycles. The molecule has 0 aliphatic carbocycles. The van der Waals surface area contributed by atoms with Crippen LogP contribution in [0.5, 0.6) is 0 Å². The molecule has 2 aromatic rings. The van der Waals surface area contributed by atoms with Gasteiger partial charge < -0.3 is 9.52 Å². The number of aliphatic carboxylic acids is 1. The van der Waals surface area contributed by atoms with Gasteiger partial charge in [-0.2, -0.15) is 0 Å². The fraction of sp³-hybridized carbons (Fsp3) is 0.250. The van der Waals surface area contributed by atoms with Crippen LogP contribution in [0.2, 0.25) is 0 Å². The van der Waals surface area contributed by atoms with Gasteiger partial charge in [-0.05, 0) is 37.1 Å². The van der Waals surface area contributed by atoms with Gasteiger partial charge in [0.1, 0.15) is 6.42 Å². The van der Waals surface area contributed by atoms with Gasteiger partial charge in [-0.1, -0.05) is 6.07 Å². The summed E-state index contributed by atoms with van der Waals surface area (Å²) in [5.41, 5.74) is 3.11. The lowest BCUT2D eigenvalue weighted by Crippen LogP contribution is -1.99. The van der Waals surface area contributed by atoms with Crippen LogP contribution >= 0.6 is 0 Å². The summed E-state index contributed by atoms with van der Waals surface area (Å²) in [5, 5.41) is 16.1. The summed E-state index contributed by atoms with van der Waals surface area (Å²) >= 11 is 0. The molecule has 17 heavy (non-hydrogen) atoms. The van der Waals surface area contributed by atoms with Gasteiger partial charge in [-0.15, -0.1) is 10.2 Å². The standard InChI is InChI=1S/C12H12N2O3/c1-7-3-4-9(5-8(7)2)12-14-13-10(17-12)6-11(15)16/h3-5H,6H2,1-2H3,(H,15,16). The molecule has 0 amide bonds. The van der Waals surface area contributed by atoms with E-state index in [1.165, 1.54) is 5.56 Å². The molecule has 0 atom stereocenters. The van der Waals surface area contributed by atoms with E-state index < -0.39 is 5.97 Å². The van der Waals surface area contributed by atoms with Crippen molar-refractivity contribution < 1.29 is 14.3 Å². The Labute approximate surface area is 98.1 Å². The van der Waals surface area contributed by atoms with E-state index in [2.05, 4.69) is 10.2 Å². The van der Waals surface area contributed by atoms with Crippen molar-refractivity contribution in [1.29, 1.82) is 0 Å². The monoisotopic (exact) mass is 232 g/mol. The lowest BCUT2D eigenvalue weighted by atomic mass is 10.1. The molecule has 0 saturated heterocycles. The number of benzene rings is 1. The maximum Gasteiger partial charge on any atom is 0.312 e. The molecule has 1 N–H and O–H groups in total. The van der Waals surface area contributed by atoms with Gasteiger partial charge >= 0.3 is 5.97 Å². The number of rotatable bonds is 3. The molecule has 2 rings (SSSR count). The summed E-state index contributed by atoms with van der Waals surface area (Å²) in [7, 11) is 0. The first kappa shape index (κ1) is 11.3. The van der Waals surface area contributed by atoms with Gasteiger partial charge in [0.25, 0.3) is 0 Å². The topological polar surface area (TPSA) is 76.2 Å². The number of carboxylic acids is 1. The number of aryl methyl sites for hydroxylation is 2. The maximum atomic E-state index is 10.5. The Hall–Kier alpha value is -2.17. The van der Waals surface area contributed by atoms with Gasteiger partial charge in [0.2, 0.25) is 11.8 Å². The predicted octanol–water partition coefficient (Wildman–Crippen LogP) is 1.98. The van der Waals surface area contributed by atoms with Crippen molar-refractivity contribution in [2.75, 3.05) is 0 Å². The quantitative estimate of drug-likeness (QED) is 0.875. The number of hydrogen-bond donors (Lipinski definition) is 1. The molecule has 0 radical (unpaired) electrons. The fourth-order valence-corrected chi connectivity index (χ4v) is 1.45. The van der Waals surface area contributed by atoms with Crippen molar-refractivity contribution in [2.45, 2.75) is 20.3 Å². The van der Waals surface area contributed by atoms with Crippen molar-refractivity contribution in [3.05, 3.63) is 35.2 Å². The summed E-state index contributed by atoms with van der Waals surface area (Å²) in [6.07, 6.45) is -0.252. The number of aromatic nitrogens is 2. The molecule has 5 nitrogen and oxygen atoms in total. The second-order valence-corrected chi connectivity index (χ2v) is 3.87. The van der Waals surface area contributed by atoms with Crippen molar-refractivity contribution in [2.24, 2.45) is 0 Å². The van der Waals surface area contributed by atoms with Crippen LogP contribution in [0, 0.1) is 13.8 Å². The Balaban J connectivity index is 2.30. The predicted molar refractivity (Wildman–Crippen MR) is 60.5 cm³/mol. The Morgan fingerprint density at radius 3 is 2.71 bits per heavy atom. The molecule has 0 bridgehead atoms. The Morgan fingerprint density at radius 2 is 2.06 bits per heavy atom. The summed E-state index contributed by atoms with van der Waals surface area (Å²) < 4.78 is 5.27. The molecule has 1 heterocycles. The molecule has 0 aliphatic rings. The molecule has 0 spiro atoms. The fourth-order valence-electron chi connectivity index (χ4n) is 1.45. The Kier molecular flexibility index (Phi) is 2.91. The number of nitrogens with zero attached hydrogens (tertiary/aromatic N) is 2. The van der Waals surface area contributed by atoms with Gasteiger partial charge in [-0.3, -0.25) is 4.79 Å². The van der Waals surface area contributed by atoms with Crippen LogP contribution in [0.25, 0.3) is 11.5 Å². The van der Waals surface area contributed by atoms with Crippen LogP contribution in [-0.2, 0) is 11.2 Å². The highest BCUT2D eigenvalue weighted by Crippen LogP contribution is 2.20. The average molecular weight is 232 g/mol. The molecule has 0 aliphatic heterocycles. The van der Waals surface area contributed by atoms with Gasteiger partial charge in [-0.25, -0.2) is 0 Å². The zero-order chi connectivity index (χ0) is 12.4. The largest absolute Gasteiger partial charge is 0.481 e. The first-order chi connectivity index (χ1) is 8.06. The van der Waals surface area contributed by atoms with Crippen molar-refractivity contribution in [1.82, 2.24) is 10.2 Å². The highest BCUT2D eigenvalue weighted by Gasteiger charge is 2.11. The number of carboxylic acid groups (broad SMARTS) is 1. The minimum Gasteiger partial charge on any atom is -0.481 e. The van der Waals surface area contributed by atoms with Crippen molar-refractivity contribution in [3.8, 4) is 11.5 Å². The third-order valence-electron chi connectivity index (χ3n) is 2.52. The van der Waals surface area contributed by atoms with Gasteiger partial charge in [0, 0.05) is 5.56 Å². The summed E-state index contributed by atoms with van der Waals surface area (Å²) in [5.74, 6) is -0.518. The highest BCUT2D eigenvalue weighted by atomic mass is 16.4. The van der Waals surface area contributed by atoms with Crippen LogP contribution < -0.4 is 0 Å². The van der Waals surface area contributed by atoms with Crippen LogP contribution in [0.4, 0.5) is 0 Å². The van der Waals surface area contributed by atoms with Crippen LogP contribution in [0.15, 0.2) is 22.6 Å². The van der Waals surface area contributed by atoms with Gasteiger partial charge in [0.15, 0.2) is 0 Å². The number of carbonyl (C=O) groups is 1. The van der Waals surface area contributed by atoms with E-state index in [0.29, 0.717) is 5.89 Å². The maximum absolute atomic E-state index is 10.5. The Bertz CT molecular complexity index is 561. The van der Waals surface area contributed by atoms with Gasteiger partial charge in [0.05, 0.1) is 0 Å². The van der Waals surface area contributed by atoms with E-state index in [1.54, 1.807) is 0 Å². The minimum atomic E-state index is -0.986. The van der Waals surface area contributed by atoms with Crippen LogP contribution in [0.1, 0.15) is 17.0 Å². The van der Waals surface area contributed by atoms with Crippen molar-refractivity contribution >= 4 is 5.97 Å². The minimum absolute atomic E-state index is 0.116. The van der Waals surface area contributed by atoms with Crippen molar-refractivity contribution in [3.63, 3.8) is 0 Å². The van der Waals surface area contributed by atoms with E-state index in [1.807, 2.05) is 32.0 Å². The molecule has 1 aromatic carbocycles. The molecular weight excluding hydrogens is 220 g/mol. The van der Waals surface area contributed by atoms with E-state index in [4.69, 9.17) is 9.52 Å². The van der Waals surface area contributed by atoms with Crippen LogP contribution in [0.3, 0.4) is 0 Å². The lowest BCUT2D eigenvalue weighted by molar-refractivity contribution is -0.136. The normalized spacial score (nSPS) is 10.5. The molecule has 0 unspecified atom stereocenters. The first-order valence-electron chi connectivity index (χ1n) is 5.18. The lowest BCUT2D eigenvalue weighted by Gasteiger charge is -2.00. The molecular formula is C12H12N2O3. The molecule has 5 heteroatoms. The first-order valence-corrected chi connectivity index (χ1v) is 5.18. The second-order valence-electron chi connectivity index (χ2n) is 3.87. The Morgan fingerprint density at radius 1 is 1.29 bits per heavy atom. The zero-order valence-corrected chi connectivity index (χ0v) is 9.60. The zero-order valence-electron chi connectivity index (χ0n) is 9.60. The smallest absolute Gasteiger partial charge is 0.312 e. The summed E-state index contributed by atoms with van der Waals surface area (Å²) in [4.78, 5) is 10.5. The van der Waals surface area contributed by atoms with E-state index in [0.717, 1.165) is 11.1 Å². The van der Waals surface area contributed by atoms with E-state index >= 15 is 0 Å². The second kappa shape index (κ2) is 4.37. The average Bonchev–Trinajstić information content (AvgIpc) is 2.69. The highest BCUT2D eigenvalue weighted by molar-refractivity contribution is 5.68. The molecule has 0 fully saturated rings. The van der Waals surface area contributed by atoms with E-state index in [-0.39, 0.29) is 12.3 Å². The number of hydrogen-bond acceptors (Lipinski definition) is 4. The summed E-state index contributed by atoms with van der Waals surface area (Å²) in [6.45, 7) is 4.01. The third-order valence-corrected chi connectivity index (χ3v) is 2.52. The summed E-state index contributed by atoms with van der Waals surface area (Å²) in [6, 6.07) is 5.78. The molecule has 1 aromatic heterocycles. The van der Waals surface area contributed by atoms with E-state index in [9.17, 15) is 4.79 Å². The SMILES string of the molecule is Cc1ccc(-c2nnc(CC(=O)O)o2)cc1C. The third kappa shape index (κ3) is 2.50. The van der Waals surface area contributed by atoms with Crippen LogP contribution in [-0.4, -0.2) is 21.3 Å².